The fourth-order valence-electron chi connectivity index (χ4n) is 1.91. The molecule has 1 saturated heterocycles. The number of alkyl halides is 3. The number of hydrogen-bond donors (Lipinski definition) is 1. The van der Waals surface area contributed by atoms with E-state index in [1.165, 1.54) is 0 Å². The van der Waals surface area contributed by atoms with Gasteiger partial charge in [0, 0.05) is 30.1 Å². The van der Waals surface area contributed by atoms with Crippen molar-refractivity contribution in [3.05, 3.63) is 0 Å². The first-order valence-corrected chi connectivity index (χ1v) is 7.46. The average Bonchev–Trinajstić information content (AvgIpc) is 2.25. The van der Waals surface area contributed by atoms with Gasteiger partial charge in [0.25, 0.3) is 0 Å². The molecule has 8 heteroatoms. The number of hydrogen-bond acceptors (Lipinski definition) is 2. The quantitative estimate of drug-likeness (QED) is 0.427. The molecule has 0 amide bonds. The Kier molecular flexibility index (Phi) is 8.61. The lowest BCUT2D eigenvalue weighted by Gasteiger charge is -2.39. The smallest absolute Gasteiger partial charge is 0.357 e. The van der Waals surface area contributed by atoms with Crippen molar-refractivity contribution in [1.82, 2.24) is 10.2 Å². The average molecular weight is 425 g/mol. The Bertz CT molecular complexity index is 322. The fourth-order valence-corrected chi connectivity index (χ4v) is 3.02. The molecule has 0 aromatic carbocycles. The SMILES string of the molecule is CCNC(=NCCC(F)(F)F)N1CCSC(C)(C)C1.I. The zero-order valence-corrected chi connectivity index (χ0v) is 15.2. The molecule has 0 aliphatic carbocycles. The van der Waals surface area contributed by atoms with E-state index in [9.17, 15) is 13.2 Å². The topological polar surface area (TPSA) is 27.6 Å². The highest BCUT2D eigenvalue weighted by Crippen LogP contribution is 2.29. The van der Waals surface area contributed by atoms with E-state index in [0.717, 1.165) is 18.8 Å². The molecule has 0 unspecified atom stereocenters. The van der Waals surface area contributed by atoms with Crippen LogP contribution in [0.2, 0.25) is 0 Å². The van der Waals surface area contributed by atoms with Gasteiger partial charge in [-0.1, -0.05) is 0 Å². The minimum absolute atomic E-state index is 0. The molecular weight excluding hydrogens is 402 g/mol. The molecule has 120 valence electrons. The van der Waals surface area contributed by atoms with Crippen molar-refractivity contribution in [2.75, 3.05) is 31.9 Å². The molecule has 0 atom stereocenters. The zero-order chi connectivity index (χ0) is 14.5. The van der Waals surface area contributed by atoms with Crippen LogP contribution in [-0.2, 0) is 0 Å². The van der Waals surface area contributed by atoms with Gasteiger partial charge in [-0.15, -0.1) is 24.0 Å². The van der Waals surface area contributed by atoms with Crippen molar-refractivity contribution >= 4 is 41.7 Å². The Labute approximate surface area is 140 Å². The van der Waals surface area contributed by atoms with E-state index in [1.807, 2.05) is 18.7 Å². The summed E-state index contributed by atoms with van der Waals surface area (Å²) in [4.78, 5) is 6.14. The lowest BCUT2D eigenvalue weighted by Crippen LogP contribution is -2.51. The van der Waals surface area contributed by atoms with Crippen molar-refractivity contribution in [2.45, 2.75) is 38.1 Å². The van der Waals surface area contributed by atoms with Crippen molar-refractivity contribution in [3.8, 4) is 0 Å². The standard InChI is InChI=1S/C12H22F3N3S.HI/c1-4-16-10(17-6-5-12(13,14)15)18-7-8-19-11(2,3)9-18;/h4-9H2,1-3H3,(H,16,17);1H. The van der Waals surface area contributed by atoms with E-state index in [0.29, 0.717) is 12.5 Å². The van der Waals surface area contributed by atoms with Gasteiger partial charge in [0.2, 0.25) is 0 Å². The highest BCUT2D eigenvalue weighted by Gasteiger charge is 2.29. The van der Waals surface area contributed by atoms with E-state index in [-0.39, 0.29) is 35.3 Å². The maximum Gasteiger partial charge on any atom is 0.390 e. The number of guanidine groups is 1. The van der Waals surface area contributed by atoms with Gasteiger partial charge >= 0.3 is 6.18 Å². The van der Waals surface area contributed by atoms with Crippen molar-refractivity contribution in [1.29, 1.82) is 0 Å². The highest BCUT2D eigenvalue weighted by molar-refractivity contribution is 14.0. The summed E-state index contributed by atoms with van der Waals surface area (Å²) in [6.45, 7) is 8.28. The van der Waals surface area contributed by atoms with Crippen molar-refractivity contribution in [2.24, 2.45) is 4.99 Å². The normalized spacial score (nSPS) is 19.5. The molecule has 3 nitrogen and oxygen atoms in total. The Morgan fingerprint density at radius 1 is 1.40 bits per heavy atom. The highest BCUT2D eigenvalue weighted by atomic mass is 127. The second-order valence-electron chi connectivity index (χ2n) is 5.13. The van der Waals surface area contributed by atoms with Crippen molar-refractivity contribution in [3.63, 3.8) is 0 Å². The Balaban J connectivity index is 0.00000361. The van der Waals surface area contributed by atoms with Crippen LogP contribution in [0.5, 0.6) is 0 Å². The Hall–Kier alpha value is 0.140. The second-order valence-corrected chi connectivity index (χ2v) is 6.93. The van der Waals surface area contributed by atoms with E-state index >= 15 is 0 Å². The van der Waals surface area contributed by atoms with Gasteiger partial charge in [-0.2, -0.15) is 24.9 Å². The molecular formula is C12H23F3IN3S. The largest absolute Gasteiger partial charge is 0.390 e. The van der Waals surface area contributed by atoms with Crippen molar-refractivity contribution < 1.29 is 13.2 Å². The van der Waals surface area contributed by atoms with E-state index in [4.69, 9.17) is 0 Å². The maximum absolute atomic E-state index is 12.2. The van der Waals surface area contributed by atoms with Crippen LogP contribution in [0.25, 0.3) is 0 Å². The van der Waals surface area contributed by atoms with Crippen LogP contribution in [0.1, 0.15) is 27.2 Å². The van der Waals surface area contributed by atoms with E-state index in [1.54, 1.807) is 0 Å². The number of thioether (sulfide) groups is 1. The van der Waals surface area contributed by atoms with Gasteiger partial charge in [0.15, 0.2) is 5.96 Å². The first kappa shape index (κ1) is 20.1. The zero-order valence-electron chi connectivity index (χ0n) is 12.1. The first-order valence-electron chi connectivity index (χ1n) is 6.47. The molecule has 1 aliphatic heterocycles. The fraction of sp³-hybridized carbons (Fsp3) is 0.917. The van der Waals surface area contributed by atoms with Gasteiger partial charge in [-0.05, 0) is 20.8 Å². The summed E-state index contributed by atoms with van der Waals surface area (Å²) in [5, 5.41) is 3.08. The third kappa shape index (κ3) is 7.80. The molecule has 1 rings (SSSR count). The summed E-state index contributed by atoms with van der Waals surface area (Å²) < 4.78 is 36.6. The van der Waals surface area contributed by atoms with Gasteiger partial charge < -0.3 is 10.2 Å². The molecule has 20 heavy (non-hydrogen) atoms. The summed E-state index contributed by atoms with van der Waals surface area (Å²) in [5.74, 6) is 1.57. The van der Waals surface area contributed by atoms with Crippen LogP contribution in [-0.4, -0.2) is 53.7 Å². The van der Waals surface area contributed by atoms with Crippen LogP contribution in [0, 0.1) is 0 Å². The molecule has 0 aromatic heterocycles. The molecule has 0 aromatic rings. The van der Waals surface area contributed by atoms with Gasteiger partial charge in [0.1, 0.15) is 0 Å². The Morgan fingerprint density at radius 2 is 2.05 bits per heavy atom. The lowest BCUT2D eigenvalue weighted by atomic mass is 10.2. The Morgan fingerprint density at radius 3 is 2.55 bits per heavy atom. The van der Waals surface area contributed by atoms with Gasteiger partial charge in [-0.25, -0.2) is 0 Å². The van der Waals surface area contributed by atoms with Crippen LogP contribution in [0.15, 0.2) is 4.99 Å². The number of aliphatic imine (C=N–C) groups is 1. The molecule has 1 N–H and O–H groups in total. The maximum atomic E-state index is 12.2. The number of nitrogens with zero attached hydrogens (tertiary/aromatic N) is 2. The second kappa shape index (κ2) is 8.55. The third-order valence-corrected chi connectivity index (χ3v) is 4.01. The van der Waals surface area contributed by atoms with E-state index < -0.39 is 12.6 Å². The van der Waals surface area contributed by atoms with Crippen LogP contribution >= 0.6 is 35.7 Å². The minimum Gasteiger partial charge on any atom is -0.357 e. The number of rotatable bonds is 3. The van der Waals surface area contributed by atoms with Gasteiger partial charge in [0.05, 0.1) is 13.0 Å². The molecule has 1 aliphatic rings. The summed E-state index contributed by atoms with van der Waals surface area (Å²) >= 11 is 1.88. The summed E-state index contributed by atoms with van der Waals surface area (Å²) in [6.07, 6.45) is -5.01. The third-order valence-electron chi connectivity index (χ3n) is 2.72. The first-order chi connectivity index (χ1) is 8.73. The lowest BCUT2D eigenvalue weighted by molar-refractivity contribution is -0.132. The minimum atomic E-state index is -4.14. The molecule has 0 spiro atoms. The van der Waals surface area contributed by atoms with E-state index in [2.05, 4.69) is 29.1 Å². The summed E-state index contributed by atoms with van der Waals surface area (Å²) in [6, 6.07) is 0. The van der Waals surface area contributed by atoms with Crippen LogP contribution < -0.4 is 5.32 Å². The molecule has 1 fully saturated rings. The van der Waals surface area contributed by atoms with Gasteiger partial charge in [-0.3, -0.25) is 4.99 Å². The molecule has 0 saturated carbocycles. The predicted octanol–water partition coefficient (Wildman–Crippen LogP) is 3.35. The molecule has 0 bridgehead atoms. The summed E-state index contributed by atoms with van der Waals surface area (Å²) in [5.41, 5.74) is 0. The predicted molar refractivity (Wildman–Crippen MR) is 90.2 cm³/mol. The monoisotopic (exact) mass is 425 g/mol. The van der Waals surface area contributed by atoms with Crippen LogP contribution in [0.3, 0.4) is 0 Å². The molecule has 1 heterocycles. The molecule has 0 radical (unpaired) electrons. The summed E-state index contributed by atoms with van der Waals surface area (Å²) in [7, 11) is 0. The van der Waals surface area contributed by atoms with Crippen LogP contribution in [0.4, 0.5) is 13.2 Å². The number of nitrogens with one attached hydrogen (secondary N) is 1. The number of halogens is 4.